The van der Waals surface area contributed by atoms with Crippen LogP contribution >= 0.6 is 0 Å². The summed E-state index contributed by atoms with van der Waals surface area (Å²) in [5.41, 5.74) is 3.62. The molecule has 0 fully saturated rings. The molecule has 2 rings (SSSR count). The van der Waals surface area contributed by atoms with Gasteiger partial charge >= 0.3 is 0 Å². The molecule has 0 unspecified atom stereocenters. The van der Waals surface area contributed by atoms with E-state index in [2.05, 4.69) is 29.3 Å². The van der Waals surface area contributed by atoms with E-state index >= 15 is 0 Å². The third-order valence-corrected chi connectivity index (χ3v) is 2.28. The summed E-state index contributed by atoms with van der Waals surface area (Å²) in [5, 5.41) is 11.9. The van der Waals surface area contributed by atoms with Gasteiger partial charge in [-0.15, -0.1) is 0 Å². The molecule has 1 aliphatic rings. The second-order valence-corrected chi connectivity index (χ2v) is 3.32. The lowest BCUT2D eigenvalue weighted by Gasteiger charge is -1.98. The molecule has 1 aromatic carbocycles. The average Bonchev–Trinajstić information content (AvgIpc) is 2.65. The molecule has 1 aromatic rings. The summed E-state index contributed by atoms with van der Waals surface area (Å²) >= 11 is 0. The maximum atomic E-state index is 8.59. The zero-order valence-corrected chi connectivity index (χ0v) is 8.01. The highest BCUT2D eigenvalue weighted by Gasteiger charge is 2.08. The molecule has 0 amide bonds. The molecule has 0 aliphatic carbocycles. The van der Waals surface area contributed by atoms with E-state index in [9.17, 15) is 0 Å². The molecule has 14 heavy (non-hydrogen) atoms. The first kappa shape index (κ1) is 9.11. The van der Waals surface area contributed by atoms with Crippen LogP contribution in [0, 0.1) is 11.8 Å². The van der Waals surface area contributed by atoms with Gasteiger partial charge in [-0.25, -0.2) is 0 Å². The van der Waals surface area contributed by atoms with E-state index in [1.165, 1.54) is 11.3 Å². The minimum Gasteiger partial charge on any atom is -0.395 e. The van der Waals surface area contributed by atoms with Gasteiger partial charge < -0.3 is 10.4 Å². The van der Waals surface area contributed by atoms with E-state index in [1.54, 1.807) is 0 Å². The summed E-state index contributed by atoms with van der Waals surface area (Å²) in [5.74, 6) is 5.96. The Kier molecular flexibility index (Phi) is 2.71. The van der Waals surface area contributed by atoms with Crippen LogP contribution in [0.3, 0.4) is 0 Å². The number of nitrogens with one attached hydrogen (secondary N) is 1. The van der Waals surface area contributed by atoms with Gasteiger partial charge in [0.25, 0.3) is 0 Å². The molecule has 0 radical (unpaired) electrons. The Bertz CT molecular complexity index is 387. The molecule has 0 atom stereocenters. The Balaban J connectivity index is 2.18. The average molecular weight is 187 g/mol. The van der Waals surface area contributed by atoms with Gasteiger partial charge in [-0.05, 0) is 30.2 Å². The van der Waals surface area contributed by atoms with Gasteiger partial charge in [-0.2, -0.15) is 0 Å². The van der Waals surface area contributed by atoms with Crippen molar-refractivity contribution in [1.82, 2.24) is 0 Å². The van der Waals surface area contributed by atoms with Crippen LogP contribution in [-0.4, -0.2) is 18.3 Å². The molecule has 0 spiro atoms. The molecule has 1 aliphatic heterocycles. The van der Waals surface area contributed by atoms with Crippen LogP contribution in [-0.2, 0) is 6.42 Å². The van der Waals surface area contributed by atoms with Crippen LogP contribution < -0.4 is 5.32 Å². The quantitative estimate of drug-likeness (QED) is 0.651. The van der Waals surface area contributed by atoms with E-state index < -0.39 is 0 Å². The van der Waals surface area contributed by atoms with Crippen molar-refractivity contribution in [1.29, 1.82) is 0 Å². The maximum Gasteiger partial charge on any atom is 0.0540 e. The molecule has 0 saturated carbocycles. The second kappa shape index (κ2) is 4.17. The van der Waals surface area contributed by atoms with Gasteiger partial charge in [0, 0.05) is 24.2 Å². The Hall–Kier alpha value is -1.46. The highest BCUT2D eigenvalue weighted by molar-refractivity contribution is 5.58. The summed E-state index contributed by atoms with van der Waals surface area (Å²) in [4.78, 5) is 0. The summed E-state index contributed by atoms with van der Waals surface area (Å²) in [6, 6.07) is 6.21. The first-order valence-corrected chi connectivity index (χ1v) is 4.86. The Morgan fingerprint density at radius 3 is 3.21 bits per heavy atom. The number of hydrogen-bond acceptors (Lipinski definition) is 2. The molecular formula is C12H13NO. The van der Waals surface area contributed by atoms with Crippen molar-refractivity contribution >= 4 is 5.69 Å². The Labute approximate surface area is 84.0 Å². The molecule has 2 nitrogen and oxygen atoms in total. The SMILES string of the molecule is OCCC#Cc1ccc2c(c1)CCN2. The van der Waals surface area contributed by atoms with Crippen molar-refractivity contribution in [3.63, 3.8) is 0 Å². The zero-order valence-electron chi connectivity index (χ0n) is 8.01. The molecule has 2 N–H and O–H groups in total. The third kappa shape index (κ3) is 1.89. The predicted octanol–water partition coefficient (Wildman–Crippen LogP) is 1.39. The monoisotopic (exact) mass is 187 g/mol. The highest BCUT2D eigenvalue weighted by Crippen LogP contribution is 2.22. The topological polar surface area (TPSA) is 32.3 Å². The second-order valence-electron chi connectivity index (χ2n) is 3.32. The van der Waals surface area contributed by atoms with Crippen molar-refractivity contribution < 1.29 is 5.11 Å². The van der Waals surface area contributed by atoms with Crippen LogP contribution in [0.2, 0.25) is 0 Å². The van der Waals surface area contributed by atoms with Crippen molar-refractivity contribution in [3.8, 4) is 11.8 Å². The number of hydrogen-bond donors (Lipinski definition) is 2. The minimum atomic E-state index is 0.138. The number of benzene rings is 1. The van der Waals surface area contributed by atoms with Crippen molar-refractivity contribution in [3.05, 3.63) is 29.3 Å². The summed E-state index contributed by atoms with van der Waals surface area (Å²) < 4.78 is 0. The van der Waals surface area contributed by atoms with Gasteiger partial charge in [-0.1, -0.05) is 11.8 Å². The van der Waals surface area contributed by atoms with E-state index in [1.807, 2.05) is 6.07 Å². The molecule has 72 valence electrons. The lowest BCUT2D eigenvalue weighted by Crippen LogP contribution is -1.90. The fourth-order valence-electron chi connectivity index (χ4n) is 1.60. The van der Waals surface area contributed by atoms with Gasteiger partial charge in [0.15, 0.2) is 0 Å². The standard InChI is InChI=1S/C12H13NO/c14-8-2-1-3-10-4-5-12-11(9-10)6-7-13-12/h4-5,9,13-14H,2,6-8H2. The maximum absolute atomic E-state index is 8.59. The third-order valence-electron chi connectivity index (χ3n) is 2.28. The van der Waals surface area contributed by atoms with Gasteiger partial charge in [-0.3, -0.25) is 0 Å². The van der Waals surface area contributed by atoms with Crippen LogP contribution in [0.4, 0.5) is 5.69 Å². The molecular weight excluding hydrogens is 174 g/mol. The lowest BCUT2D eigenvalue weighted by atomic mass is 10.1. The first-order chi connectivity index (χ1) is 6.90. The smallest absolute Gasteiger partial charge is 0.0540 e. The van der Waals surface area contributed by atoms with Crippen LogP contribution in [0.1, 0.15) is 17.5 Å². The van der Waals surface area contributed by atoms with Crippen LogP contribution in [0.25, 0.3) is 0 Å². The summed E-state index contributed by atoms with van der Waals surface area (Å²) in [6.07, 6.45) is 1.64. The molecule has 1 heterocycles. The van der Waals surface area contributed by atoms with Gasteiger partial charge in [0.2, 0.25) is 0 Å². The number of aliphatic hydroxyl groups is 1. The predicted molar refractivity (Wildman–Crippen MR) is 57.2 cm³/mol. The van der Waals surface area contributed by atoms with E-state index in [0.717, 1.165) is 18.5 Å². The van der Waals surface area contributed by atoms with Crippen molar-refractivity contribution in [2.75, 3.05) is 18.5 Å². The van der Waals surface area contributed by atoms with Gasteiger partial charge in [0.1, 0.15) is 0 Å². The minimum absolute atomic E-state index is 0.138. The number of fused-ring (bicyclic) bond motifs is 1. The van der Waals surface area contributed by atoms with E-state index in [4.69, 9.17) is 5.11 Å². The molecule has 0 saturated heterocycles. The molecule has 0 aromatic heterocycles. The number of aliphatic hydroxyl groups excluding tert-OH is 1. The molecule has 2 heteroatoms. The summed E-state index contributed by atoms with van der Waals surface area (Å²) in [6.45, 7) is 1.17. The Morgan fingerprint density at radius 2 is 2.36 bits per heavy atom. The summed E-state index contributed by atoms with van der Waals surface area (Å²) in [7, 11) is 0. The van der Waals surface area contributed by atoms with E-state index in [0.29, 0.717) is 6.42 Å². The normalized spacial score (nSPS) is 12.6. The molecule has 0 bridgehead atoms. The van der Waals surface area contributed by atoms with Crippen molar-refractivity contribution in [2.45, 2.75) is 12.8 Å². The fraction of sp³-hybridized carbons (Fsp3) is 0.333. The highest BCUT2D eigenvalue weighted by atomic mass is 16.2. The number of rotatable bonds is 1. The lowest BCUT2D eigenvalue weighted by molar-refractivity contribution is 0.305. The van der Waals surface area contributed by atoms with Crippen molar-refractivity contribution in [2.24, 2.45) is 0 Å². The first-order valence-electron chi connectivity index (χ1n) is 4.86. The number of anilines is 1. The fourth-order valence-corrected chi connectivity index (χ4v) is 1.60. The van der Waals surface area contributed by atoms with Crippen LogP contribution in [0.15, 0.2) is 18.2 Å². The Morgan fingerprint density at radius 1 is 1.43 bits per heavy atom. The zero-order chi connectivity index (χ0) is 9.80. The van der Waals surface area contributed by atoms with Crippen LogP contribution in [0.5, 0.6) is 0 Å². The van der Waals surface area contributed by atoms with E-state index in [-0.39, 0.29) is 6.61 Å². The largest absolute Gasteiger partial charge is 0.395 e. The van der Waals surface area contributed by atoms with Gasteiger partial charge in [0.05, 0.1) is 6.61 Å².